The van der Waals surface area contributed by atoms with Crippen LogP contribution in [0.25, 0.3) is 0 Å². The van der Waals surface area contributed by atoms with Crippen LogP contribution < -0.4 is 11.1 Å². The number of hydrogen-bond donors (Lipinski definition) is 2. The van der Waals surface area contributed by atoms with Gasteiger partial charge in [-0.05, 0) is 49.9 Å². The first-order valence-corrected chi connectivity index (χ1v) is 6.30. The summed E-state index contributed by atoms with van der Waals surface area (Å²) in [4.78, 5) is 11.7. The Balaban J connectivity index is 2.17. The maximum absolute atomic E-state index is 11.7. The number of nitrogens with two attached hydrogens (primary N) is 1. The molecule has 3 nitrogen and oxygen atoms in total. The average molecular weight is 253 g/mol. The smallest absolute Gasteiger partial charge is 0.238 e. The van der Waals surface area contributed by atoms with Gasteiger partial charge in [0.1, 0.15) is 5.54 Å². The highest BCUT2D eigenvalue weighted by molar-refractivity contribution is 6.30. The third-order valence-corrected chi connectivity index (χ3v) is 3.64. The minimum atomic E-state index is -0.577. The number of carbonyl (C=O) groups excluding carboxylic acids is 1. The van der Waals surface area contributed by atoms with Crippen LogP contribution >= 0.6 is 11.6 Å². The lowest BCUT2D eigenvalue weighted by Gasteiger charge is -2.35. The zero-order chi connectivity index (χ0) is 12.3. The molecule has 1 saturated heterocycles. The summed E-state index contributed by atoms with van der Waals surface area (Å²) in [7, 11) is 0. The van der Waals surface area contributed by atoms with E-state index in [0.29, 0.717) is 11.4 Å². The van der Waals surface area contributed by atoms with Crippen molar-refractivity contribution in [2.45, 2.75) is 31.2 Å². The van der Waals surface area contributed by atoms with Gasteiger partial charge in [0, 0.05) is 5.02 Å². The average Bonchev–Trinajstić information content (AvgIpc) is 2.33. The van der Waals surface area contributed by atoms with Crippen LogP contribution in [0.4, 0.5) is 0 Å². The lowest BCUT2D eigenvalue weighted by Crippen LogP contribution is -2.59. The molecule has 1 heterocycles. The van der Waals surface area contributed by atoms with Crippen molar-refractivity contribution in [3.63, 3.8) is 0 Å². The number of rotatable bonds is 3. The maximum atomic E-state index is 11.7. The molecule has 92 valence electrons. The van der Waals surface area contributed by atoms with Gasteiger partial charge >= 0.3 is 0 Å². The van der Waals surface area contributed by atoms with Gasteiger partial charge < -0.3 is 11.1 Å². The van der Waals surface area contributed by atoms with Crippen LogP contribution in [-0.2, 0) is 11.2 Å². The number of hydrogen-bond acceptors (Lipinski definition) is 2. The molecule has 1 aliphatic rings. The molecule has 0 saturated carbocycles. The molecule has 1 unspecified atom stereocenters. The van der Waals surface area contributed by atoms with E-state index in [9.17, 15) is 4.79 Å². The van der Waals surface area contributed by atoms with E-state index in [2.05, 4.69) is 5.32 Å². The predicted molar refractivity (Wildman–Crippen MR) is 68.9 cm³/mol. The van der Waals surface area contributed by atoms with Crippen molar-refractivity contribution < 1.29 is 4.79 Å². The molecule has 0 radical (unpaired) electrons. The Morgan fingerprint density at radius 1 is 1.35 bits per heavy atom. The van der Waals surface area contributed by atoms with E-state index in [1.54, 1.807) is 0 Å². The highest BCUT2D eigenvalue weighted by Crippen LogP contribution is 2.24. The van der Waals surface area contributed by atoms with Crippen LogP contribution in [0, 0.1) is 0 Å². The van der Waals surface area contributed by atoms with Gasteiger partial charge in [0.05, 0.1) is 0 Å². The largest absolute Gasteiger partial charge is 0.368 e. The van der Waals surface area contributed by atoms with Crippen LogP contribution in [-0.4, -0.2) is 18.0 Å². The first-order chi connectivity index (χ1) is 8.12. The van der Waals surface area contributed by atoms with Crippen LogP contribution in [0.15, 0.2) is 24.3 Å². The number of amides is 1. The summed E-state index contributed by atoms with van der Waals surface area (Å²) in [5, 5.41) is 3.99. The Bertz CT molecular complexity index is 396. The highest BCUT2D eigenvalue weighted by Gasteiger charge is 2.37. The molecule has 1 atom stereocenters. The molecular weight excluding hydrogens is 236 g/mol. The molecule has 1 aromatic rings. The van der Waals surface area contributed by atoms with Crippen LogP contribution in [0.2, 0.25) is 5.02 Å². The van der Waals surface area contributed by atoms with Gasteiger partial charge in [0.25, 0.3) is 0 Å². The Morgan fingerprint density at radius 3 is 2.59 bits per heavy atom. The number of piperidine rings is 1. The van der Waals surface area contributed by atoms with Crippen molar-refractivity contribution in [1.82, 2.24) is 5.32 Å². The zero-order valence-electron chi connectivity index (χ0n) is 9.71. The minimum absolute atomic E-state index is 0.257. The van der Waals surface area contributed by atoms with Crippen LogP contribution in [0.1, 0.15) is 24.8 Å². The molecule has 3 N–H and O–H groups in total. The molecular formula is C13H17ClN2O. The van der Waals surface area contributed by atoms with E-state index in [4.69, 9.17) is 17.3 Å². The van der Waals surface area contributed by atoms with Gasteiger partial charge in [-0.1, -0.05) is 23.7 Å². The SMILES string of the molecule is NC(=O)C1(Cc2ccc(Cl)cc2)CCCCN1. The van der Waals surface area contributed by atoms with Crippen molar-refractivity contribution in [3.8, 4) is 0 Å². The minimum Gasteiger partial charge on any atom is -0.368 e. The quantitative estimate of drug-likeness (QED) is 0.863. The second-order valence-corrected chi connectivity index (χ2v) is 5.07. The summed E-state index contributed by atoms with van der Waals surface area (Å²) in [5.74, 6) is -0.257. The Morgan fingerprint density at radius 2 is 2.06 bits per heavy atom. The number of nitrogens with one attached hydrogen (secondary N) is 1. The molecule has 17 heavy (non-hydrogen) atoms. The lowest BCUT2D eigenvalue weighted by molar-refractivity contribution is -0.125. The van der Waals surface area contributed by atoms with Crippen LogP contribution in [0.3, 0.4) is 0 Å². The molecule has 1 aromatic carbocycles. The molecule has 0 aromatic heterocycles. The molecule has 0 spiro atoms. The Kier molecular flexibility index (Phi) is 3.69. The molecule has 1 fully saturated rings. The highest BCUT2D eigenvalue weighted by atomic mass is 35.5. The van der Waals surface area contributed by atoms with Gasteiger partial charge in [0.2, 0.25) is 5.91 Å². The number of carbonyl (C=O) groups is 1. The summed E-state index contributed by atoms with van der Waals surface area (Å²) in [6, 6.07) is 7.58. The van der Waals surface area contributed by atoms with Gasteiger partial charge in [0.15, 0.2) is 0 Å². The maximum Gasteiger partial charge on any atom is 0.238 e. The number of halogens is 1. The zero-order valence-corrected chi connectivity index (χ0v) is 10.5. The Labute approximate surface area is 106 Å². The molecule has 1 amide bonds. The monoisotopic (exact) mass is 252 g/mol. The van der Waals surface area contributed by atoms with Crippen molar-refractivity contribution in [1.29, 1.82) is 0 Å². The first-order valence-electron chi connectivity index (χ1n) is 5.92. The van der Waals surface area contributed by atoms with Crippen molar-refractivity contribution in [2.75, 3.05) is 6.54 Å². The van der Waals surface area contributed by atoms with E-state index in [0.717, 1.165) is 31.4 Å². The Hall–Kier alpha value is -1.06. The normalized spacial score (nSPS) is 24.5. The fourth-order valence-electron chi connectivity index (χ4n) is 2.37. The predicted octanol–water partition coefficient (Wildman–Crippen LogP) is 1.88. The second-order valence-electron chi connectivity index (χ2n) is 4.63. The number of benzene rings is 1. The molecule has 1 aliphatic heterocycles. The molecule has 4 heteroatoms. The second kappa shape index (κ2) is 5.07. The van der Waals surface area contributed by atoms with Gasteiger partial charge in [-0.25, -0.2) is 0 Å². The summed E-state index contributed by atoms with van der Waals surface area (Å²) < 4.78 is 0. The first kappa shape index (κ1) is 12.4. The molecule has 2 rings (SSSR count). The van der Waals surface area contributed by atoms with Crippen LogP contribution in [0.5, 0.6) is 0 Å². The van der Waals surface area contributed by atoms with Gasteiger partial charge in [-0.2, -0.15) is 0 Å². The molecule has 0 bridgehead atoms. The van der Waals surface area contributed by atoms with Crippen molar-refractivity contribution >= 4 is 17.5 Å². The van der Waals surface area contributed by atoms with Crippen molar-refractivity contribution in [2.24, 2.45) is 5.73 Å². The van der Waals surface area contributed by atoms with E-state index in [1.165, 1.54) is 0 Å². The summed E-state index contributed by atoms with van der Waals surface area (Å²) in [5.41, 5.74) is 6.06. The van der Waals surface area contributed by atoms with E-state index in [-0.39, 0.29) is 5.91 Å². The van der Waals surface area contributed by atoms with Gasteiger partial charge in [-0.15, -0.1) is 0 Å². The fourth-order valence-corrected chi connectivity index (χ4v) is 2.49. The standard InChI is InChI=1S/C13H17ClN2O/c14-11-5-3-10(4-6-11)9-13(12(15)17)7-1-2-8-16-13/h3-6,16H,1-2,7-9H2,(H2,15,17). The van der Waals surface area contributed by atoms with Gasteiger partial charge in [-0.3, -0.25) is 4.79 Å². The summed E-state index contributed by atoms with van der Waals surface area (Å²) in [6.07, 6.45) is 3.60. The lowest BCUT2D eigenvalue weighted by atomic mass is 9.82. The summed E-state index contributed by atoms with van der Waals surface area (Å²) in [6.45, 7) is 0.858. The topological polar surface area (TPSA) is 55.1 Å². The summed E-state index contributed by atoms with van der Waals surface area (Å²) >= 11 is 5.84. The van der Waals surface area contributed by atoms with E-state index < -0.39 is 5.54 Å². The van der Waals surface area contributed by atoms with Crippen molar-refractivity contribution in [3.05, 3.63) is 34.9 Å². The fraction of sp³-hybridized carbons (Fsp3) is 0.462. The number of primary amides is 1. The van der Waals surface area contributed by atoms with E-state index >= 15 is 0 Å². The molecule has 0 aliphatic carbocycles. The third-order valence-electron chi connectivity index (χ3n) is 3.38. The third kappa shape index (κ3) is 2.79. The van der Waals surface area contributed by atoms with E-state index in [1.807, 2.05) is 24.3 Å².